The predicted molar refractivity (Wildman–Crippen MR) is 97.4 cm³/mol. The van der Waals surface area contributed by atoms with Crippen molar-refractivity contribution in [2.24, 2.45) is 0 Å². The summed E-state index contributed by atoms with van der Waals surface area (Å²) in [6.45, 7) is 0.0842. The van der Waals surface area contributed by atoms with Crippen molar-refractivity contribution in [1.29, 1.82) is 0 Å². The Hall–Kier alpha value is -4.59. The third-order valence-electron chi connectivity index (χ3n) is 5.04. The molecule has 6 fully saturated rings. The van der Waals surface area contributed by atoms with Crippen molar-refractivity contribution < 1.29 is 98.8 Å². The Morgan fingerprint density at radius 1 is 0.385 bits per heavy atom. The first kappa shape index (κ1) is 27.4. The monoisotopic (exact) mass is 576 g/mol. The minimum absolute atomic E-state index is 0.111. The standard InChI is InChI=1S/C6H4F2O6.C6H5FO6.C6H6O6/c7-3-1(11-5(9)13-3)2-4(8)14-6(10)12-2;7-4-3(12-6(9)13-4)2-1-10-5(8)11-2;7-5-9-1-3(11-5)4-2-10-6(8)12-4/h1-4H;2-4H,1H2;3-4H,1-2H2. The van der Waals surface area contributed by atoms with Crippen LogP contribution in [0.25, 0.3) is 0 Å². The van der Waals surface area contributed by atoms with Gasteiger partial charge < -0.3 is 56.8 Å². The molecule has 6 saturated heterocycles. The molecule has 0 N–H and O–H groups in total. The molecule has 6 aliphatic rings. The lowest BCUT2D eigenvalue weighted by molar-refractivity contribution is -0.0659. The molecule has 9 unspecified atom stereocenters. The fourth-order valence-corrected chi connectivity index (χ4v) is 3.28. The van der Waals surface area contributed by atoms with Gasteiger partial charge in [0.05, 0.1) is 0 Å². The van der Waals surface area contributed by atoms with E-state index in [0.717, 1.165) is 0 Å². The molecule has 0 aliphatic carbocycles. The number of hydrogen-bond donors (Lipinski definition) is 0. The molecule has 0 aromatic heterocycles. The topological polar surface area (TPSA) is 213 Å². The smallest absolute Gasteiger partial charge is 0.430 e. The maximum atomic E-state index is 12.8. The van der Waals surface area contributed by atoms with Gasteiger partial charge >= 0.3 is 36.9 Å². The zero-order valence-corrected chi connectivity index (χ0v) is 18.8. The second-order valence-electron chi connectivity index (χ2n) is 7.56. The molecule has 6 heterocycles. The summed E-state index contributed by atoms with van der Waals surface area (Å²) in [4.78, 5) is 62.7. The van der Waals surface area contributed by atoms with Gasteiger partial charge in [-0.1, -0.05) is 0 Å². The van der Waals surface area contributed by atoms with E-state index in [1.54, 1.807) is 0 Å². The number of hydrogen-bond acceptors (Lipinski definition) is 18. The zero-order valence-electron chi connectivity index (χ0n) is 18.8. The minimum Gasteiger partial charge on any atom is -0.430 e. The number of carbonyl (C=O) groups is 6. The lowest BCUT2D eigenvalue weighted by Crippen LogP contribution is -2.38. The summed E-state index contributed by atoms with van der Waals surface area (Å²) in [7, 11) is 0. The van der Waals surface area contributed by atoms with Crippen LogP contribution in [-0.4, -0.2) is 112 Å². The van der Waals surface area contributed by atoms with Gasteiger partial charge in [-0.15, -0.1) is 0 Å². The van der Waals surface area contributed by atoms with Gasteiger partial charge in [0.1, 0.15) is 19.8 Å². The quantitative estimate of drug-likeness (QED) is 0.339. The van der Waals surface area contributed by atoms with Crippen molar-refractivity contribution in [1.82, 2.24) is 0 Å². The Kier molecular flexibility index (Phi) is 8.04. The van der Waals surface area contributed by atoms with Crippen LogP contribution in [0.3, 0.4) is 0 Å². The predicted octanol–water partition coefficient (Wildman–Crippen LogP) is 1.06. The number of alkyl halides is 3. The van der Waals surface area contributed by atoms with Gasteiger partial charge in [0, 0.05) is 0 Å². The number of cyclic esters (lactones) is 12. The minimum atomic E-state index is -2.17. The highest BCUT2D eigenvalue weighted by Gasteiger charge is 2.53. The highest BCUT2D eigenvalue weighted by Crippen LogP contribution is 2.29. The van der Waals surface area contributed by atoms with Gasteiger partial charge in [0.25, 0.3) is 19.1 Å². The first-order valence-electron chi connectivity index (χ1n) is 10.5. The lowest BCUT2D eigenvalue weighted by Gasteiger charge is -2.14. The van der Waals surface area contributed by atoms with Crippen molar-refractivity contribution in [3.8, 4) is 0 Å². The maximum Gasteiger partial charge on any atom is 0.511 e. The molecular weight excluding hydrogens is 561 g/mol. The number of ether oxygens (including phenoxy) is 12. The van der Waals surface area contributed by atoms with Gasteiger partial charge in [0.2, 0.25) is 18.3 Å². The fraction of sp³-hybridized carbons (Fsp3) is 0.667. The van der Waals surface area contributed by atoms with E-state index < -0.39 is 92.6 Å². The van der Waals surface area contributed by atoms with E-state index in [1.165, 1.54) is 0 Å². The highest BCUT2D eigenvalue weighted by molar-refractivity contribution is 5.65. The van der Waals surface area contributed by atoms with Crippen molar-refractivity contribution in [2.75, 3.05) is 19.8 Å². The largest absolute Gasteiger partial charge is 0.511 e. The van der Waals surface area contributed by atoms with Crippen LogP contribution in [0.15, 0.2) is 0 Å². The first-order valence-corrected chi connectivity index (χ1v) is 10.5. The van der Waals surface area contributed by atoms with Crippen molar-refractivity contribution >= 4 is 36.9 Å². The van der Waals surface area contributed by atoms with Crippen LogP contribution in [0.5, 0.6) is 0 Å². The summed E-state index contributed by atoms with van der Waals surface area (Å²) in [6.07, 6.45) is -18.7. The molecule has 6 aliphatic heterocycles. The van der Waals surface area contributed by atoms with Crippen LogP contribution in [0.4, 0.5) is 41.9 Å². The molecule has 216 valence electrons. The summed E-state index contributed by atoms with van der Waals surface area (Å²) >= 11 is 0. The molecule has 0 aromatic rings. The molecular formula is C18H15F3O18. The Labute approximate surface area is 212 Å². The van der Waals surface area contributed by atoms with E-state index in [9.17, 15) is 41.9 Å². The molecule has 21 heteroatoms. The molecule has 0 amide bonds. The number of rotatable bonds is 3. The van der Waals surface area contributed by atoms with E-state index in [0.29, 0.717) is 0 Å². The van der Waals surface area contributed by atoms with Gasteiger partial charge in [-0.25, -0.2) is 28.8 Å². The molecule has 0 aromatic carbocycles. The Morgan fingerprint density at radius 3 is 0.949 bits per heavy atom. The second-order valence-corrected chi connectivity index (χ2v) is 7.56. The maximum absolute atomic E-state index is 12.8. The zero-order chi connectivity index (χ0) is 28.3. The second kappa shape index (κ2) is 11.4. The van der Waals surface area contributed by atoms with Crippen molar-refractivity contribution in [3.05, 3.63) is 0 Å². The summed E-state index contributed by atoms with van der Waals surface area (Å²) in [5, 5.41) is 0. The van der Waals surface area contributed by atoms with E-state index in [4.69, 9.17) is 0 Å². The van der Waals surface area contributed by atoms with E-state index >= 15 is 0 Å². The molecule has 0 radical (unpaired) electrons. The fourth-order valence-electron chi connectivity index (χ4n) is 3.28. The van der Waals surface area contributed by atoms with Gasteiger partial charge in [0.15, 0.2) is 18.3 Å². The number of carbonyl (C=O) groups excluding carboxylic acids is 6. The molecule has 0 saturated carbocycles. The Morgan fingerprint density at radius 2 is 0.692 bits per heavy atom. The van der Waals surface area contributed by atoms with Crippen LogP contribution >= 0.6 is 0 Å². The first-order chi connectivity index (χ1) is 18.5. The normalized spacial score (nSPS) is 37.8. The van der Waals surface area contributed by atoms with Crippen molar-refractivity contribution in [3.63, 3.8) is 0 Å². The molecule has 18 nitrogen and oxygen atoms in total. The lowest BCUT2D eigenvalue weighted by atomic mass is 10.2. The Balaban J connectivity index is 0.000000136. The SMILES string of the molecule is O=C1OC(F)C(C2OC(=O)OC2F)O1.O=C1OCC(C2COC(=O)O2)O1.O=C1OCC(C2OC(=O)OC2F)O1. The molecule has 0 spiro atoms. The van der Waals surface area contributed by atoms with Crippen LogP contribution in [-0.2, 0) is 56.8 Å². The van der Waals surface area contributed by atoms with Crippen LogP contribution in [0, 0.1) is 0 Å². The third kappa shape index (κ3) is 6.65. The molecule has 6 rings (SSSR count). The van der Waals surface area contributed by atoms with Gasteiger partial charge in [-0.2, -0.15) is 13.2 Å². The van der Waals surface area contributed by atoms with Crippen LogP contribution in [0.1, 0.15) is 0 Å². The number of halogens is 3. The molecule has 39 heavy (non-hydrogen) atoms. The van der Waals surface area contributed by atoms with Crippen LogP contribution < -0.4 is 0 Å². The summed E-state index contributed by atoms with van der Waals surface area (Å²) in [6, 6.07) is 0. The van der Waals surface area contributed by atoms with E-state index in [-0.39, 0.29) is 19.8 Å². The van der Waals surface area contributed by atoms with Crippen molar-refractivity contribution in [2.45, 2.75) is 55.7 Å². The van der Waals surface area contributed by atoms with E-state index in [1.807, 2.05) is 0 Å². The van der Waals surface area contributed by atoms with Gasteiger partial charge in [-0.05, 0) is 0 Å². The summed E-state index contributed by atoms with van der Waals surface area (Å²) in [5.74, 6) is 0. The molecule has 9 atom stereocenters. The average molecular weight is 576 g/mol. The van der Waals surface area contributed by atoms with Gasteiger partial charge in [-0.3, -0.25) is 0 Å². The third-order valence-corrected chi connectivity index (χ3v) is 5.04. The molecule has 0 bridgehead atoms. The summed E-state index contributed by atoms with van der Waals surface area (Å²) < 4.78 is 90.5. The highest BCUT2D eigenvalue weighted by atomic mass is 19.2. The van der Waals surface area contributed by atoms with Crippen LogP contribution in [0.2, 0.25) is 0 Å². The summed E-state index contributed by atoms with van der Waals surface area (Å²) in [5.41, 5.74) is 0. The Bertz CT molecular complexity index is 956. The van der Waals surface area contributed by atoms with E-state index in [2.05, 4.69) is 56.8 Å². The average Bonchev–Trinajstić information content (AvgIpc) is 3.69.